The van der Waals surface area contributed by atoms with Crippen molar-refractivity contribution >= 4 is 17.1 Å². The van der Waals surface area contributed by atoms with Crippen LogP contribution in [0.1, 0.15) is 47.1 Å². The third-order valence-corrected chi connectivity index (χ3v) is 3.90. The monoisotopic (exact) mass is 290 g/mol. The second-order valence-corrected chi connectivity index (χ2v) is 5.05. The first kappa shape index (κ1) is 16.4. The van der Waals surface area contributed by atoms with Gasteiger partial charge in [-0.2, -0.15) is 0 Å². The van der Waals surface area contributed by atoms with Crippen LogP contribution < -0.4 is 4.74 Å². The van der Waals surface area contributed by atoms with E-state index in [-0.39, 0.29) is 5.78 Å². The fraction of sp³-hybridized carbons (Fsp3) is 0.353. The van der Waals surface area contributed by atoms with E-state index in [2.05, 4.69) is 0 Å². The zero-order valence-electron chi connectivity index (χ0n) is 12.8. The van der Waals surface area contributed by atoms with Crippen molar-refractivity contribution in [2.75, 3.05) is 6.61 Å². The maximum Gasteiger partial charge on any atom is 0.203 e. The van der Waals surface area contributed by atoms with E-state index in [4.69, 9.17) is 4.74 Å². The van der Waals surface area contributed by atoms with Gasteiger partial charge in [-0.25, -0.2) is 0 Å². The molecule has 108 valence electrons. The summed E-state index contributed by atoms with van der Waals surface area (Å²) < 4.78 is 5.53. The highest BCUT2D eigenvalue weighted by molar-refractivity contribution is 7.12. The lowest BCUT2D eigenvalue weighted by Gasteiger charge is -2.12. The molecule has 3 heteroatoms. The van der Waals surface area contributed by atoms with Gasteiger partial charge in [0.1, 0.15) is 5.75 Å². The summed E-state index contributed by atoms with van der Waals surface area (Å²) in [6.45, 7) is 10.6. The molecule has 1 aromatic carbocycles. The quantitative estimate of drug-likeness (QED) is 0.739. The Kier molecular flexibility index (Phi) is 6.46. The number of hydrogen-bond donors (Lipinski definition) is 0. The first-order valence-electron chi connectivity index (χ1n) is 6.96. The van der Waals surface area contributed by atoms with Crippen molar-refractivity contribution in [3.05, 3.63) is 51.2 Å². The van der Waals surface area contributed by atoms with Crippen molar-refractivity contribution in [1.82, 2.24) is 0 Å². The van der Waals surface area contributed by atoms with Gasteiger partial charge < -0.3 is 4.74 Å². The second kappa shape index (κ2) is 7.85. The van der Waals surface area contributed by atoms with Crippen LogP contribution in [0.2, 0.25) is 0 Å². The molecule has 0 aliphatic rings. The Morgan fingerprint density at radius 1 is 1.15 bits per heavy atom. The van der Waals surface area contributed by atoms with Crippen LogP contribution >= 0.6 is 11.3 Å². The van der Waals surface area contributed by atoms with Crippen molar-refractivity contribution in [1.29, 1.82) is 0 Å². The fourth-order valence-electron chi connectivity index (χ4n) is 1.89. The van der Waals surface area contributed by atoms with E-state index in [0.29, 0.717) is 6.61 Å². The fourth-order valence-corrected chi connectivity index (χ4v) is 2.57. The van der Waals surface area contributed by atoms with Gasteiger partial charge in [0.05, 0.1) is 11.5 Å². The van der Waals surface area contributed by atoms with E-state index in [9.17, 15) is 4.79 Å². The van der Waals surface area contributed by atoms with Gasteiger partial charge in [0.15, 0.2) is 0 Å². The van der Waals surface area contributed by atoms with Crippen LogP contribution in [0.15, 0.2) is 29.6 Å². The summed E-state index contributed by atoms with van der Waals surface area (Å²) in [5.41, 5.74) is 2.80. The van der Waals surface area contributed by atoms with Gasteiger partial charge >= 0.3 is 0 Å². The summed E-state index contributed by atoms with van der Waals surface area (Å²) in [7, 11) is 0. The molecule has 0 saturated carbocycles. The van der Waals surface area contributed by atoms with Crippen molar-refractivity contribution in [2.45, 2.75) is 34.6 Å². The molecule has 0 radical (unpaired) electrons. The minimum Gasteiger partial charge on any atom is -0.494 e. The predicted octanol–water partition coefficient (Wildman–Crippen LogP) is 5.02. The molecule has 0 atom stereocenters. The Morgan fingerprint density at radius 2 is 1.85 bits per heavy atom. The van der Waals surface area contributed by atoms with Crippen molar-refractivity contribution < 1.29 is 9.53 Å². The normalized spacial score (nSPS) is 9.65. The summed E-state index contributed by atoms with van der Waals surface area (Å²) in [6.07, 6.45) is 0. The van der Waals surface area contributed by atoms with Crippen LogP contribution in [0.25, 0.3) is 0 Å². The van der Waals surface area contributed by atoms with E-state index in [1.165, 1.54) is 11.3 Å². The highest BCUT2D eigenvalue weighted by Crippen LogP contribution is 2.26. The molecule has 0 spiro atoms. The molecule has 0 bridgehead atoms. The molecule has 0 aliphatic carbocycles. The lowest BCUT2D eigenvalue weighted by molar-refractivity contribution is 0.104. The van der Waals surface area contributed by atoms with E-state index < -0.39 is 0 Å². The van der Waals surface area contributed by atoms with Crippen molar-refractivity contribution in [2.24, 2.45) is 0 Å². The number of hydrogen-bond acceptors (Lipinski definition) is 3. The summed E-state index contributed by atoms with van der Waals surface area (Å²) in [4.78, 5) is 13.1. The highest BCUT2D eigenvalue weighted by Gasteiger charge is 2.15. The van der Waals surface area contributed by atoms with Gasteiger partial charge in [-0.15, -0.1) is 11.3 Å². The molecule has 20 heavy (non-hydrogen) atoms. The lowest BCUT2D eigenvalue weighted by Crippen LogP contribution is -2.04. The average Bonchev–Trinajstić information content (AvgIpc) is 3.00. The second-order valence-electron chi connectivity index (χ2n) is 4.10. The number of thiophene rings is 1. The zero-order valence-corrected chi connectivity index (χ0v) is 13.6. The summed E-state index contributed by atoms with van der Waals surface area (Å²) >= 11 is 1.47. The zero-order chi connectivity index (χ0) is 15.1. The van der Waals surface area contributed by atoms with Crippen LogP contribution in [0.3, 0.4) is 0 Å². The minimum absolute atomic E-state index is 0.0913. The molecule has 0 N–H and O–H groups in total. The number of carbonyl (C=O) groups excluding carboxylic acids is 1. The number of ketones is 1. The topological polar surface area (TPSA) is 26.3 Å². The number of rotatable bonds is 4. The molecular formula is C17H22O2S. The summed E-state index contributed by atoms with van der Waals surface area (Å²) in [6, 6.07) is 7.49. The Labute approximate surface area is 125 Å². The predicted molar refractivity (Wildman–Crippen MR) is 86.2 cm³/mol. The van der Waals surface area contributed by atoms with Gasteiger partial charge in [0.2, 0.25) is 5.78 Å². The van der Waals surface area contributed by atoms with Crippen LogP contribution in [0, 0.1) is 13.8 Å². The van der Waals surface area contributed by atoms with Crippen molar-refractivity contribution in [3.63, 3.8) is 0 Å². The first-order chi connectivity index (χ1) is 9.65. The van der Waals surface area contributed by atoms with E-state index in [1.807, 2.05) is 64.3 Å². The maximum atomic E-state index is 12.3. The molecular weight excluding hydrogens is 268 g/mol. The molecule has 1 heterocycles. The maximum absolute atomic E-state index is 12.3. The third-order valence-electron chi connectivity index (χ3n) is 3.03. The van der Waals surface area contributed by atoms with E-state index >= 15 is 0 Å². The Balaban J connectivity index is 0.000000956. The Bertz CT molecular complexity index is 557. The highest BCUT2D eigenvalue weighted by atomic mass is 32.1. The average molecular weight is 290 g/mol. The van der Waals surface area contributed by atoms with Gasteiger partial charge in [0.25, 0.3) is 0 Å². The van der Waals surface area contributed by atoms with Crippen LogP contribution in [-0.4, -0.2) is 12.4 Å². The molecule has 2 rings (SSSR count). The minimum atomic E-state index is 0.0913. The van der Waals surface area contributed by atoms with Gasteiger partial charge in [-0.3, -0.25) is 4.79 Å². The SMILES string of the molecule is CC.CCOc1ccc(C(=O)c2cccs2)c(C)c1C. The standard InChI is InChI=1S/C15H16O2S.C2H6/c1-4-17-13-8-7-12(10(2)11(13)3)15(16)14-6-5-9-18-14;1-2/h5-9H,4H2,1-3H3;1-2H3. The van der Waals surface area contributed by atoms with Gasteiger partial charge in [-0.05, 0) is 55.5 Å². The smallest absolute Gasteiger partial charge is 0.203 e. The molecule has 0 unspecified atom stereocenters. The van der Waals surface area contributed by atoms with E-state index in [1.54, 1.807) is 0 Å². The lowest BCUT2D eigenvalue weighted by atomic mass is 9.98. The molecule has 2 aromatic rings. The summed E-state index contributed by atoms with van der Waals surface area (Å²) in [5, 5.41) is 1.92. The number of carbonyl (C=O) groups is 1. The molecule has 2 nitrogen and oxygen atoms in total. The summed E-state index contributed by atoms with van der Waals surface area (Å²) in [5.74, 6) is 0.950. The van der Waals surface area contributed by atoms with Crippen LogP contribution in [0.4, 0.5) is 0 Å². The molecule has 0 amide bonds. The van der Waals surface area contributed by atoms with E-state index in [0.717, 1.165) is 27.3 Å². The number of ether oxygens (including phenoxy) is 1. The molecule has 1 aromatic heterocycles. The van der Waals surface area contributed by atoms with Gasteiger partial charge in [0, 0.05) is 5.56 Å². The first-order valence-corrected chi connectivity index (χ1v) is 7.84. The number of benzene rings is 1. The molecule has 0 fully saturated rings. The molecule has 0 saturated heterocycles. The van der Waals surface area contributed by atoms with Crippen LogP contribution in [-0.2, 0) is 0 Å². The Morgan fingerprint density at radius 3 is 2.40 bits per heavy atom. The van der Waals surface area contributed by atoms with Crippen molar-refractivity contribution in [3.8, 4) is 5.75 Å². The van der Waals surface area contributed by atoms with Crippen LogP contribution in [0.5, 0.6) is 5.75 Å². The Hall–Kier alpha value is -1.61. The van der Waals surface area contributed by atoms with Gasteiger partial charge in [-0.1, -0.05) is 19.9 Å². The largest absolute Gasteiger partial charge is 0.494 e. The molecule has 0 aliphatic heterocycles. The third kappa shape index (κ3) is 3.48.